The molecule has 0 radical (unpaired) electrons. The van der Waals surface area contributed by atoms with Gasteiger partial charge >= 0.3 is 0 Å². The van der Waals surface area contributed by atoms with Crippen molar-refractivity contribution in [1.82, 2.24) is 15.2 Å². The van der Waals surface area contributed by atoms with Crippen LogP contribution in [0.25, 0.3) is 22.9 Å². The maximum Gasteiger partial charge on any atom is 0.237 e. The van der Waals surface area contributed by atoms with E-state index in [1.54, 1.807) is 68.0 Å². The summed E-state index contributed by atoms with van der Waals surface area (Å²) in [4.78, 5) is 28.3. The molecule has 3 heterocycles. The van der Waals surface area contributed by atoms with Crippen LogP contribution in [0, 0.1) is 0 Å². The van der Waals surface area contributed by atoms with Gasteiger partial charge in [-0.3, -0.25) is 9.59 Å². The summed E-state index contributed by atoms with van der Waals surface area (Å²) < 4.78 is 10.9. The molecular formula is C22H19N5O4S. The highest BCUT2D eigenvalue weighted by Gasteiger charge is 2.21. The van der Waals surface area contributed by atoms with E-state index in [1.807, 2.05) is 0 Å². The van der Waals surface area contributed by atoms with E-state index in [0.29, 0.717) is 39.4 Å². The van der Waals surface area contributed by atoms with Crippen molar-refractivity contribution < 1.29 is 18.4 Å². The first kappa shape index (κ1) is 21.3. The predicted octanol–water partition coefficient (Wildman–Crippen LogP) is 4.47. The number of nitrogens with one attached hydrogen (secondary N) is 2. The van der Waals surface area contributed by atoms with E-state index >= 15 is 0 Å². The molecule has 0 aliphatic heterocycles. The fourth-order valence-electron chi connectivity index (χ4n) is 2.82. The van der Waals surface area contributed by atoms with Crippen LogP contribution in [0.4, 0.5) is 11.4 Å². The normalized spacial score (nSPS) is 11.7. The van der Waals surface area contributed by atoms with Crippen molar-refractivity contribution in [2.45, 2.75) is 24.3 Å². The van der Waals surface area contributed by atoms with Crippen molar-refractivity contribution in [3.8, 4) is 22.9 Å². The van der Waals surface area contributed by atoms with Gasteiger partial charge in [0.15, 0.2) is 17.2 Å². The van der Waals surface area contributed by atoms with Gasteiger partial charge in [0, 0.05) is 18.3 Å². The Kier molecular flexibility index (Phi) is 6.31. The van der Waals surface area contributed by atoms with Crippen LogP contribution < -0.4 is 10.6 Å². The first-order valence-electron chi connectivity index (χ1n) is 9.67. The van der Waals surface area contributed by atoms with Crippen LogP contribution in [0.5, 0.6) is 0 Å². The molecule has 0 spiro atoms. The first-order valence-corrected chi connectivity index (χ1v) is 10.5. The fourth-order valence-corrected chi connectivity index (χ4v) is 3.54. The molecule has 0 aliphatic rings. The highest BCUT2D eigenvalue weighted by molar-refractivity contribution is 8.00. The molecule has 9 nitrogen and oxygen atoms in total. The van der Waals surface area contributed by atoms with Crippen molar-refractivity contribution >= 4 is 35.0 Å². The number of carbonyl (C=O) groups excluding carboxylic acids is 2. The number of aromatic nitrogens is 3. The standard InChI is InChI=1S/C22H19N5O4S/c1-13(21(29)24-16-9-7-15(8-10-16)23-14(2)28)32-22-25-19(17-5-3-11-30-17)20(26-27-22)18-6-4-12-31-18/h3-13H,1-2H3,(H,23,28)(H,24,29). The third-order valence-electron chi connectivity index (χ3n) is 4.30. The van der Waals surface area contributed by atoms with Crippen LogP contribution in [0.15, 0.2) is 75.0 Å². The zero-order valence-electron chi connectivity index (χ0n) is 17.2. The molecule has 4 rings (SSSR count). The summed E-state index contributed by atoms with van der Waals surface area (Å²) in [5.41, 5.74) is 2.19. The van der Waals surface area contributed by atoms with Gasteiger partial charge in [0.2, 0.25) is 17.0 Å². The Bertz CT molecular complexity index is 1210. The summed E-state index contributed by atoms with van der Waals surface area (Å²) in [7, 11) is 0. The molecule has 0 saturated carbocycles. The molecule has 2 amide bonds. The van der Waals surface area contributed by atoms with E-state index in [-0.39, 0.29) is 11.8 Å². The molecule has 1 unspecified atom stereocenters. The largest absolute Gasteiger partial charge is 0.463 e. The van der Waals surface area contributed by atoms with Crippen LogP contribution in [0.1, 0.15) is 13.8 Å². The molecule has 32 heavy (non-hydrogen) atoms. The van der Waals surface area contributed by atoms with E-state index < -0.39 is 5.25 Å². The molecule has 1 aromatic carbocycles. The number of furan rings is 2. The van der Waals surface area contributed by atoms with Gasteiger partial charge in [0.1, 0.15) is 5.69 Å². The minimum atomic E-state index is -0.495. The second-order valence-corrected chi connectivity index (χ2v) is 8.06. The van der Waals surface area contributed by atoms with Crippen LogP contribution in [-0.4, -0.2) is 32.2 Å². The van der Waals surface area contributed by atoms with Gasteiger partial charge in [-0.15, -0.1) is 10.2 Å². The Labute approximate surface area is 187 Å². The van der Waals surface area contributed by atoms with Crippen molar-refractivity contribution in [2.75, 3.05) is 10.6 Å². The van der Waals surface area contributed by atoms with E-state index in [2.05, 4.69) is 25.8 Å². The Balaban J connectivity index is 1.48. The summed E-state index contributed by atoms with van der Waals surface area (Å²) in [5.74, 6) is 0.652. The SMILES string of the molecule is CC(=O)Nc1ccc(NC(=O)C(C)Sc2nnc(-c3ccco3)c(-c3ccco3)n2)cc1. The number of nitrogens with zero attached hydrogens (tertiary/aromatic N) is 3. The Morgan fingerprint density at radius 2 is 1.47 bits per heavy atom. The van der Waals surface area contributed by atoms with Gasteiger partial charge < -0.3 is 19.5 Å². The molecule has 4 aromatic rings. The lowest BCUT2D eigenvalue weighted by atomic mass is 10.2. The number of hydrogen-bond donors (Lipinski definition) is 2. The van der Waals surface area contributed by atoms with Gasteiger partial charge in [-0.05, 0) is 55.5 Å². The highest BCUT2D eigenvalue weighted by Crippen LogP contribution is 2.31. The van der Waals surface area contributed by atoms with Crippen LogP contribution >= 0.6 is 11.8 Å². The predicted molar refractivity (Wildman–Crippen MR) is 120 cm³/mol. The second-order valence-electron chi connectivity index (χ2n) is 6.75. The van der Waals surface area contributed by atoms with Crippen LogP contribution in [0.3, 0.4) is 0 Å². The summed E-state index contributed by atoms with van der Waals surface area (Å²) in [6.45, 7) is 3.19. The molecule has 1 atom stereocenters. The number of amides is 2. The Hall–Kier alpha value is -3.92. The van der Waals surface area contributed by atoms with Gasteiger partial charge in [0.25, 0.3) is 0 Å². The lowest BCUT2D eigenvalue weighted by molar-refractivity contribution is -0.115. The smallest absolute Gasteiger partial charge is 0.237 e. The summed E-state index contributed by atoms with van der Waals surface area (Å²) >= 11 is 1.17. The third kappa shape index (κ3) is 5.03. The Morgan fingerprint density at radius 1 is 0.875 bits per heavy atom. The average Bonchev–Trinajstić information content (AvgIpc) is 3.49. The zero-order valence-corrected chi connectivity index (χ0v) is 18.1. The fraction of sp³-hybridized carbons (Fsp3) is 0.136. The van der Waals surface area contributed by atoms with E-state index in [9.17, 15) is 9.59 Å². The third-order valence-corrected chi connectivity index (χ3v) is 5.25. The van der Waals surface area contributed by atoms with Gasteiger partial charge in [-0.25, -0.2) is 4.98 Å². The van der Waals surface area contributed by atoms with Crippen molar-refractivity contribution in [3.63, 3.8) is 0 Å². The van der Waals surface area contributed by atoms with Crippen molar-refractivity contribution in [1.29, 1.82) is 0 Å². The quantitative estimate of drug-likeness (QED) is 0.396. The van der Waals surface area contributed by atoms with E-state index in [0.717, 1.165) is 0 Å². The molecule has 0 bridgehead atoms. The van der Waals surface area contributed by atoms with Gasteiger partial charge in [-0.2, -0.15) is 0 Å². The van der Waals surface area contributed by atoms with Crippen LogP contribution in [0.2, 0.25) is 0 Å². The maximum absolute atomic E-state index is 12.6. The summed E-state index contributed by atoms with van der Waals surface area (Å²) in [6.07, 6.45) is 3.09. The number of rotatable bonds is 7. The Morgan fingerprint density at radius 3 is 2.03 bits per heavy atom. The lowest BCUT2D eigenvalue weighted by Gasteiger charge is -2.12. The first-order chi connectivity index (χ1) is 15.5. The molecule has 0 fully saturated rings. The minimum Gasteiger partial charge on any atom is -0.463 e. The summed E-state index contributed by atoms with van der Waals surface area (Å²) in [6, 6.07) is 13.9. The average molecular weight is 449 g/mol. The number of anilines is 2. The molecule has 3 aromatic heterocycles. The van der Waals surface area contributed by atoms with Gasteiger partial charge in [-0.1, -0.05) is 11.8 Å². The van der Waals surface area contributed by atoms with E-state index in [1.165, 1.54) is 18.7 Å². The topological polar surface area (TPSA) is 123 Å². The summed E-state index contributed by atoms with van der Waals surface area (Å²) in [5, 5.41) is 13.8. The van der Waals surface area contributed by atoms with Gasteiger partial charge in [0.05, 0.1) is 17.8 Å². The van der Waals surface area contributed by atoms with Crippen molar-refractivity contribution in [3.05, 3.63) is 61.1 Å². The minimum absolute atomic E-state index is 0.160. The molecule has 162 valence electrons. The number of benzene rings is 1. The van der Waals surface area contributed by atoms with Crippen molar-refractivity contribution in [2.24, 2.45) is 0 Å². The number of hydrogen-bond acceptors (Lipinski definition) is 8. The second kappa shape index (κ2) is 9.48. The number of thioether (sulfide) groups is 1. The molecular weight excluding hydrogens is 430 g/mol. The molecule has 0 saturated heterocycles. The molecule has 10 heteroatoms. The van der Waals surface area contributed by atoms with E-state index in [4.69, 9.17) is 8.83 Å². The number of carbonyl (C=O) groups is 2. The molecule has 0 aliphatic carbocycles. The maximum atomic E-state index is 12.6. The highest BCUT2D eigenvalue weighted by atomic mass is 32.2. The zero-order chi connectivity index (χ0) is 22.5. The lowest BCUT2D eigenvalue weighted by Crippen LogP contribution is -2.22. The molecule has 2 N–H and O–H groups in total. The monoisotopic (exact) mass is 449 g/mol. The van der Waals surface area contributed by atoms with Crippen LogP contribution in [-0.2, 0) is 9.59 Å².